The fourth-order valence-corrected chi connectivity index (χ4v) is 2.93. The van der Waals surface area contributed by atoms with Gasteiger partial charge in [-0.1, -0.05) is 6.92 Å². The van der Waals surface area contributed by atoms with Gasteiger partial charge in [0.15, 0.2) is 0 Å². The molecule has 0 N–H and O–H groups in total. The number of carbonyl (C=O) groups excluding carboxylic acids is 1. The molecule has 112 valence electrons. The molecule has 0 aliphatic heterocycles. The summed E-state index contributed by atoms with van der Waals surface area (Å²) in [6, 6.07) is 2.15. The Labute approximate surface area is 123 Å². The Hall–Kier alpha value is -1.31. The van der Waals surface area contributed by atoms with Crippen LogP contribution in [0.25, 0.3) is 0 Å². The largest absolute Gasteiger partial charge is 0.494 e. The van der Waals surface area contributed by atoms with Crippen molar-refractivity contribution in [1.29, 1.82) is 0 Å². The second kappa shape index (κ2) is 7.47. The molecule has 1 rings (SSSR count). The second-order valence-corrected chi connectivity index (χ2v) is 5.63. The van der Waals surface area contributed by atoms with E-state index >= 15 is 0 Å². The lowest BCUT2D eigenvalue weighted by Crippen LogP contribution is -2.08. The average molecular weight is 276 g/mol. The highest BCUT2D eigenvalue weighted by molar-refractivity contribution is 5.75. The van der Waals surface area contributed by atoms with E-state index in [0.717, 1.165) is 18.6 Å². The number of hydrogen-bond acceptors (Lipinski definition) is 2. The maximum atomic E-state index is 11.3. The quantitative estimate of drug-likeness (QED) is 0.710. The lowest BCUT2D eigenvalue weighted by atomic mass is 9.83. The number of hydrogen-bond donors (Lipinski definition) is 0. The summed E-state index contributed by atoms with van der Waals surface area (Å²) < 4.78 is 5.71. The van der Waals surface area contributed by atoms with Crippen molar-refractivity contribution in [2.75, 3.05) is 6.61 Å². The van der Waals surface area contributed by atoms with E-state index in [1.807, 2.05) is 6.92 Å². The third kappa shape index (κ3) is 3.84. The van der Waals surface area contributed by atoms with Crippen molar-refractivity contribution in [2.45, 2.75) is 66.7 Å². The molecule has 1 aromatic carbocycles. The van der Waals surface area contributed by atoms with Gasteiger partial charge < -0.3 is 9.53 Å². The average Bonchev–Trinajstić information content (AvgIpc) is 2.39. The van der Waals surface area contributed by atoms with Crippen LogP contribution in [0.4, 0.5) is 0 Å². The molecule has 0 fully saturated rings. The second-order valence-electron chi connectivity index (χ2n) is 5.63. The molecule has 0 radical (unpaired) electrons. The number of Topliss-reactive ketones (excluding diaryl/α,β-unsaturated/α-hetero) is 1. The summed E-state index contributed by atoms with van der Waals surface area (Å²) in [5.41, 5.74) is 5.25. The van der Waals surface area contributed by atoms with Crippen LogP contribution in [0.2, 0.25) is 0 Å². The van der Waals surface area contributed by atoms with Gasteiger partial charge in [0.1, 0.15) is 11.5 Å². The van der Waals surface area contributed by atoms with E-state index in [0.29, 0.717) is 18.9 Å². The normalized spacial score (nSPS) is 12.3. The van der Waals surface area contributed by atoms with E-state index in [-0.39, 0.29) is 5.78 Å². The molecular weight excluding hydrogens is 248 g/mol. The molecule has 1 atom stereocenters. The molecule has 0 aliphatic carbocycles. The minimum absolute atomic E-state index is 0.279. The molecule has 2 nitrogen and oxygen atoms in total. The zero-order valence-electron chi connectivity index (χ0n) is 13.8. The zero-order chi connectivity index (χ0) is 15.3. The van der Waals surface area contributed by atoms with Gasteiger partial charge in [0, 0.05) is 6.42 Å². The van der Waals surface area contributed by atoms with Crippen LogP contribution < -0.4 is 4.74 Å². The van der Waals surface area contributed by atoms with Crippen molar-refractivity contribution in [3.05, 3.63) is 28.3 Å². The Morgan fingerprint density at radius 1 is 1.20 bits per heavy atom. The fraction of sp³-hybridized carbons (Fsp3) is 0.611. The Morgan fingerprint density at radius 2 is 1.85 bits per heavy atom. The summed E-state index contributed by atoms with van der Waals surface area (Å²) in [6.07, 6.45) is 2.69. The predicted molar refractivity (Wildman–Crippen MR) is 84.8 cm³/mol. The van der Waals surface area contributed by atoms with Crippen LogP contribution in [-0.2, 0) is 4.79 Å². The molecule has 2 heteroatoms. The predicted octanol–water partition coefficient (Wildman–Crippen LogP) is 4.87. The van der Waals surface area contributed by atoms with Crippen molar-refractivity contribution >= 4 is 5.78 Å². The molecule has 1 aromatic rings. The molecule has 20 heavy (non-hydrogen) atoms. The molecule has 0 saturated heterocycles. The van der Waals surface area contributed by atoms with Crippen LogP contribution in [0.3, 0.4) is 0 Å². The van der Waals surface area contributed by atoms with Gasteiger partial charge in [-0.15, -0.1) is 0 Å². The van der Waals surface area contributed by atoms with E-state index in [4.69, 9.17) is 4.74 Å². The highest BCUT2D eigenvalue weighted by Crippen LogP contribution is 2.35. The van der Waals surface area contributed by atoms with E-state index < -0.39 is 0 Å². The Balaban J connectivity index is 3.15. The summed E-state index contributed by atoms with van der Waals surface area (Å²) in [4.78, 5) is 11.3. The standard InChI is InChI=1S/C18H28O2/c1-7-16(10-9-13(4)19)18-12(3)11-17(20-8-2)14(5)15(18)6/h11,16H,7-10H2,1-6H3. The van der Waals surface area contributed by atoms with Gasteiger partial charge in [-0.3, -0.25) is 0 Å². The van der Waals surface area contributed by atoms with Gasteiger partial charge >= 0.3 is 0 Å². The third-order valence-corrected chi connectivity index (χ3v) is 4.15. The number of benzene rings is 1. The summed E-state index contributed by atoms with van der Waals surface area (Å²) in [6.45, 7) is 13.0. The van der Waals surface area contributed by atoms with Gasteiger partial charge in [-0.05, 0) is 81.7 Å². The van der Waals surface area contributed by atoms with Gasteiger partial charge in [0.2, 0.25) is 0 Å². The Bertz CT molecular complexity index is 475. The summed E-state index contributed by atoms with van der Waals surface area (Å²) in [5.74, 6) is 1.74. The summed E-state index contributed by atoms with van der Waals surface area (Å²) >= 11 is 0. The summed E-state index contributed by atoms with van der Waals surface area (Å²) in [7, 11) is 0. The minimum atomic E-state index is 0.279. The van der Waals surface area contributed by atoms with E-state index in [1.165, 1.54) is 22.3 Å². The fourth-order valence-electron chi connectivity index (χ4n) is 2.93. The summed E-state index contributed by atoms with van der Waals surface area (Å²) in [5, 5.41) is 0. The van der Waals surface area contributed by atoms with E-state index in [9.17, 15) is 4.79 Å². The number of rotatable bonds is 7. The number of ether oxygens (including phenoxy) is 1. The van der Waals surface area contributed by atoms with Crippen LogP contribution in [0.15, 0.2) is 6.07 Å². The van der Waals surface area contributed by atoms with Gasteiger partial charge in [-0.2, -0.15) is 0 Å². The molecule has 0 saturated carbocycles. The third-order valence-electron chi connectivity index (χ3n) is 4.15. The van der Waals surface area contributed by atoms with Gasteiger partial charge in [0.25, 0.3) is 0 Å². The smallest absolute Gasteiger partial charge is 0.129 e. The van der Waals surface area contributed by atoms with Crippen LogP contribution >= 0.6 is 0 Å². The van der Waals surface area contributed by atoms with Gasteiger partial charge in [0.05, 0.1) is 6.61 Å². The Morgan fingerprint density at radius 3 is 2.35 bits per heavy atom. The monoisotopic (exact) mass is 276 g/mol. The Kier molecular flexibility index (Phi) is 6.25. The number of carbonyl (C=O) groups is 1. The van der Waals surface area contributed by atoms with Crippen LogP contribution in [0.1, 0.15) is 68.2 Å². The van der Waals surface area contributed by atoms with Crippen molar-refractivity contribution in [2.24, 2.45) is 0 Å². The zero-order valence-corrected chi connectivity index (χ0v) is 13.8. The highest BCUT2D eigenvalue weighted by atomic mass is 16.5. The van der Waals surface area contributed by atoms with Crippen molar-refractivity contribution in [3.8, 4) is 5.75 Å². The van der Waals surface area contributed by atoms with Crippen LogP contribution in [-0.4, -0.2) is 12.4 Å². The molecule has 0 bridgehead atoms. The molecule has 0 aliphatic rings. The molecule has 0 heterocycles. The first-order valence-electron chi connectivity index (χ1n) is 7.65. The first-order chi connectivity index (χ1) is 9.42. The van der Waals surface area contributed by atoms with Crippen LogP contribution in [0.5, 0.6) is 5.75 Å². The lowest BCUT2D eigenvalue weighted by molar-refractivity contribution is -0.117. The minimum Gasteiger partial charge on any atom is -0.494 e. The van der Waals surface area contributed by atoms with Gasteiger partial charge in [-0.25, -0.2) is 0 Å². The molecule has 1 unspecified atom stereocenters. The number of ketones is 1. The molecule has 0 spiro atoms. The van der Waals surface area contributed by atoms with Crippen molar-refractivity contribution in [3.63, 3.8) is 0 Å². The maximum Gasteiger partial charge on any atom is 0.129 e. The maximum absolute atomic E-state index is 11.3. The first kappa shape index (κ1) is 16.7. The van der Waals surface area contributed by atoms with Crippen molar-refractivity contribution < 1.29 is 9.53 Å². The topological polar surface area (TPSA) is 26.3 Å². The van der Waals surface area contributed by atoms with E-state index in [2.05, 4.69) is 33.8 Å². The van der Waals surface area contributed by atoms with E-state index in [1.54, 1.807) is 6.92 Å². The van der Waals surface area contributed by atoms with Crippen molar-refractivity contribution in [1.82, 2.24) is 0 Å². The highest BCUT2D eigenvalue weighted by Gasteiger charge is 2.18. The molecule has 0 amide bonds. The first-order valence-corrected chi connectivity index (χ1v) is 7.65. The molecular formula is C18H28O2. The SMILES string of the molecule is CCOc1cc(C)c(C(CC)CCC(C)=O)c(C)c1C. The van der Waals surface area contributed by atoms with Crippen LogP contribution in [0, 0.1) is 20.8 Å². The molecule has 0 aromatic heterocycles. The number of aryl methyl sites for hydroxylation is 1. The lowest BCUT2D eigenvalue weighted by Gasteiger charge is -2.23.